The van der Waals surface area contributed by atoms with Crippen LogP contribution >= 0.6 is 0 Å². The monoisotopic (exact) mass is 315 g/mol. The summed E-state index contributed by atoms with van der Waals surface area (Å²) in [5.41, 5.74) is 0.729. The van der Waals surface area contributed by atoms with E-state index in [-0.39, 0.29) is 11.3 Å². The average Bonchev–Trinajstić information content (AvgIpc) is 2.79. The number of anilines is 1. The number of phenolic OH excluding ortho intramolecular Hbond substituents is 1. The molecule has 0 atom stereocenters. The van der Waals surface area contributed by atoms with Gasteiger partial charge < -0.3 is 24.6 Å². The Hall–Kier alpha value is -2.89. The van der Waals surface area contributed by atoms with Gasteiger partial charge in [0.1, 0.15) is 11.5 Å². The molecule has 120 valence electrons. The number of methoxy groups -OCH3 is 1. The van der Waals surface area contributed by atoms with E-state index in [0.29, 0.717) is 36.1 Å². The number of nitrogens with one attached hydrogen (secondary N) is 1. The van der Waals surface area contributed by atoms with Crippen LogP contribution in [0.2, 0.25) is 0 Å². The molecule has 0 aromatic heterocycles. The number of ether oxygens (including phenoxy) is 3. The molecule has 2 aromatic rings. The van der Waals surface area contributed by atoms with Gasteiger partial charge in [0.05, 0.1) is 25.9 Å². The molecule has 23 heavy (non-hydrogen) atoms. The van der Waals surface area contributed by atoms with E-state index in [4.69, 9.17) is 14.2 Å². The van der Waals surface area contributed by atoms with Crippen LogP contribution in [0.15, 0.2) is 36.4 Å². The second kappa shape index (κ2) is 6.48. The van der Waals surface area contributed by atoms with Gasteiger partial charge in [0.2, 0.25) is 0 Å². The van der Waals surface area contributed by atoms with E-state index < -0.39 is 5.91 Å². The Kier molecular flexibility index (Phi) is 4.23. The minimum absolute atomic E-state index is 0.142. The number of benzene rings is 2. The molecule has 1 aliphatic heterocycles. The maximum Gasteiger partial charge on any atom is 0.259 e. The summed E-state index contributed by atoms with van der Waals surface area (Å²) in [7, 11) is 1.49. The lowest BCUT2D eigenvalue weighted by Gasteiger charge is -2.11. The van der Waals surface area contributed by atoms with E-state index in [0.717, 1.165) is 6.42 Å². The fraction of sp³-hybridized carbons (Fsp3) is 0.235. The molecule has 2 N–H and O–H groups in total. The van der Waals surface area contributed by atoms with Crippen molar-refractivity contribution in [2.24, 2.45) is 0 Å². The maximum atomic E-state index is 12.3. The van der Waals surface area contributed by atoms with Gasteiger partial charge in [-0.15, -0.1) is 0 Å². The van der Waals surface area contributed by atoms with Crippen molar-refractivity contribution in [3.8, 4) is 23.0 Å². The summed E-state index contributed by atoms with van der Waals surface area (Å²) in [5.74, 6) is 1.18. The van der Waals surface area contributed by atoms with Crippen LogP contribution in [0, 0.1) is 0 Å². The molecule has 0 saturated heterocycles. The van der Waals surface area contributed by atoms with Gasteiger partial charge >= 0.3 is 0 Å². The average molecular weight is 315 g/mol. The topological polar surface area (TPSA) is 77.0 Å². The summed E-state index contributed by atoms with van der Waals surface area (Å²) in [6, 6.07) is 9.70. The van der Waals surface area contributed by atoms with E-state index in [1.54, 1.807) is 24.3 Å². The van der Waals surface area contributed by atoms with E-state index >= 15 is 0 Å². The number of hydrogen-bond donors (Lipinski definition) is 2. The second-order valence-electron chi connectivity index (χ2n) is 5.05. The molecule has 0 spiro atoms. The molecule has 6 nitrogen and oxygen atoms in total. The molecular formula is C17H17NO5. The Morgan fingerprint density at radius 3 is 2.65 bits per heavy atom. The molecule has 2 aromatic carbocycles. The number of carbonyl (C=O) groups is 1. The van der Waals surface area contributed by atoms with Crippen LogP contribution in [0.1, 0.15) is 16.8 Å². The lowest BCUT2D eigenvalue weighted by molar-refractivity contribution is 0.102. The third-order valence-electron chi connectivity index (χ3n) is 3.45. The first-order valence-corrected chi connectivity index (χ1v) is 7.25. The Balaban J connectivity index is 1.79. The minimum atomic E-state index is -0.417. The largest absolute Gasteiger partial charge is 0.507 e. The lowest BCUT2D eigenvalue weighted by atomic mass is 10.1. The molecule has 0 radical (unpaired) electrons. The van der Waals surface area contributed by atoms with Crippen LogP contribution in [0.3, 0.4) is 0 Å². The summed E-state index contributed by atoms with van der Waals surface area (Å²) in [4.78, 5) is 12.3. The number of fused-ring (bicyclic) bond motifs is 1. The zero-order valence-electron chi connectivity index (χ0n) is 12.7. The van der Waals surface area contributed by atoms with E-state index in [2.05, 4.69) is 5.32 Å². The van der Waals surface area contributed by atoms with Crippen molar-refractivity contribution >= 4 is 11.6 Å². The van der Waals surface area contributed by atoms with Crippen molar-refractivity contribution in [1.29, 1.82) is 0 Å². The van der Waals surface area contributed by atoms with Gasteiger partial charge in [0.25, 0.3) is 5.91 Å². The molecule has 3 rings (SSSR count). The zero-order chi connectivity index (χ0) is 16.2. The Bertz CT molecular complexity index is 729. The number of aromatic hydroxyl groups is 1. The van der Waals surface area contributed by atoms with E-state index in [1.165, 1.54) is 19.2 Å². The molecular weight excluding hydrogens is 298 g/mol. The minimum Gasteiger partial charge on any atom is -0.507 e. The Morgan fingerprint density at radius 1 is 1.13 bits per heavy atom. The third kappa shape index (κ3) is 3.31. The first kappa shape index (κ1) is 15.0. The van der Waals surface area contributed by atoms with Crippen molar-refractivity contribution in [3.63, 3.8) is 0 Å². The SMILES string of the molecule is COc1ccc(C(=O)Nc2ccc3c(c2)OCCCO3)c(O)c1. The summed E-state index contributed by atoms with van der Waals surface area (Å²) < 4.78 is 16.1. The molecule has 0 bridgehead atoms. The fourth-order valence-corrected chi connectivity index (χ4v) is 2.27. The van der Waals surface area contributed by atoms with Crippen molar-refractivity contribution in [3.05, 3.63) is 42.0 Å². The number of rotatable bonds is 3. The highest BCUT2D eigenvalue weighted by molar-refractivity contribution is 6.06. The van der Waals surface area contributed by atoms with E-state index in [9.17, 15) is 9.90 Å². The molecule has 0 aliphatic carbocycles. The first-order chi connectivity index (χ1) is 11.2. The maximum absolute atomic E-state index is 12.3. The summed E-state index contributed by atoms with van der Waals surface area (Å²) >= 11 is 0. The van der Waals surface area contributed by atoms with Gasteiger partial charge in [-0.2, -0.15) is 0 Å². The van der Waals surface area contributed by atoms with Crippen LogP contribution in [0.5, 0.6) is 23.0 Å². The predicted octanol–water partition coefficient (Wildman–Crippen LogP) is 2.81. The van der Waals surface area contributed by atoms with Crippen LogP contribution < -0.4 is 19.5 Å². The van der Waals surface area contributed by atoms with Gasteiger partial charge in [-0.3, -0.25) is 4.79 Å². The van der Waals surface area contributed by atoms with Gasteiger partial charge in [-0.05, 0) is 24.3 Å². The Morgan fingerprint density at radius 2 is 1.91 bits per heavy atom. The molecule has 1 amide bonds. The Labute approximate surface area is 133 Å². The van der Waals surface area contributed by atoms with Gasteiger partial charge in [-0.25, -0.2) is 0 Å². The molecule has 0 saturated carbocycles. The normalized spacial score (nSPS) is 13.1. The molecule has 6 heteroatoms. The fourth-order valence-electron chi connectivity index (χ4n) is 2.27. The quantitative estimate of drug-likeness (QED) is 0.911. The summed E-state index contributed by atoms with van der Waals surface area (Å²) in [6.07, 6.45) is 0.816. The first-order valence-electron chi connectivity index (χ1n) is 7.25. The highest BCUT2D eigenvalue weighted by Gasteiger charge is 2.15. The van der Waals surface area contributed by atoms with Crippen LogP contribution in [-0.2, 0) is 0 Å². The van der Waals surface area contributed by atoms with Crippen molar-refractivity contribution < 1.29 is 24.1 Å². The van der Waals surface area contributed by atoms with Gasteiger partial charge in [0.15, 0.2) is 11.5 Å². The van der Waals surface area contributed by atoms with Gasteiger partial charge in [0, 0.05) is 24.2 Å². The van der Waals surface area contributed by atoms with Gasteiger partial charge in [-0.1, -0.05) is 0 Å². The van der Waals surface area contributed by atoms with E-state index in [1.807, 2.05) is 0 Å². The smallest absolute Gasteiger partial charge is 0.259 e. The number of phenols is 1. The summed E-state index contributed by atoms with van der Waals surface area (Å²) in [5, 5.41) is 12.6. The van der Waals surface area contributed by atoms with Crippen molar-refractivity contribution in [2.45, 2.75) is 6.42 Å². The lowest BCUT2D eigenvalue weighted by Crippen LogP contribution is -2.12. The number of hydrogen-bond acceptors (Lipinski definition) is 5. The zero-order valence-corrected chi connectivity index (χ0v) is 12.7. The molecule has 1 heterocycles. The highest BCUT2D eigenvalue weighted by atomic mass is 16.5. The van der Waals surface area contributed by atoms with Crippen LogP contribution in [-0.4, -0.2) is 31.3 Å². The highest BCUT2D eigenvalue weighted by Crippen LogP contribution is 2.32. The van der Waals surface area contributed by atoms with Crippen LogP contribution in [0.4, 0.5) is 5.69 Å². The van der Waals surface area contributed by atoms with Crippen molar-refractivity contribution in [1.82, 2.24) is 0 Å². The predicted molar refractivity (Wildman–Crippen MR) is 84.7 cm³/mol. The second-order valence-corrected chi connectivity index (χ2v) is 5.05. The molecule has 1 aliphatic rings. The summed E-state index contributed by atoms with van der Waals surface area (Å²) in [6.45, 7) is 1.18. The molecule has 0 unspecified atom stereocenters. The number of amides is 1. The standard InChI is InChI=1S/C17H17NO5/c1-21-12-4-5-13(14(19)10-12)17(20)18-11-3-6-15-16(9-11)23-8-2-7-22-15/h3-6,9-10,19H,2,7-8H2,1H3,(H,18,20). The van der Waals surface area contributed by atoms with Crippen molar-refractivity contribution in [2.75, 3.05) is 25.6 Å². The van der Waals surface area contributed by atoms with Crippen LogP contribution in [0.25, 0.3) is 0 Å². The number of carbonyl (C=O) groups excluding carboxylic acids is 1. The molecule has 0 fully saturated rings. The third-order valence-corrected chi connectivity index (χ3v) is 3.45.